The van der Waals surface area contributed by atoms with Crippen LogP contribution in [0.25, 0.3) is 11.0 Å². The smallest absolute Gasteiger partial charge is 0.306 e. The van der Waals surface area contributed by atoms with Gasteiger partial charge < -0.3 is 9.30 Å². The summed E-state index contributed by atoms with van der Waals surface area (Å²) in [6, 6.07) is 9.12. The number of Topliss-reactive ketones (excluding diaryl/α,β-unsaturated/α-hetero) is 1. The largest absolute Gasteiger partial charge is 0.466 e. The molecule has 1 saturated carbocycles. The highest BCUT2D eigenvalue weighted by Gasteiger charge is 2.47. The molecule has 7 heteroatoms. The molecule has 37 heavy (non-hydrogen) atoms. The fourth-order valence-corrected chi connectivity index (χ4v) is 7.19. The number of para-hydroxylation sites is 2. The average molecular weight is 508 g/mol. The Balaban J connectivity index is 1.49. The van der Waals surface area contributed by atoms with E-state index in [0.29, 0.717) is 23.6 Å². The van der Waals surface area contributed by atoms with Gasteiger partial charge >= 0.3 is 5.97 Å². The normalized spacial score (nSPS) is 25.4. The molecule has 0 N–H and O–H groups in total. The van der Waals surface area contributed by atoms with E-state index in [0.717, 1.165) is 18.4 Å². The van der Waals surface area contributed by atoms with Crippen LogP contribution in [0, 0.1) is 0 Å². The fourth-order valence-electron chi connectivity index (χ4n) is 7.19. The summed E-state index contributed by atoms with van der Waals surface area (Å²) in [4.78, 5) is 46.2. The van der Waals surface area contributed by atoms with Gasteiger partial charge in [0.15, 0.2) is 11.5 Å². The predicted octanol–water partition coefficient (Wildman–Crippen LogP) is 5.59. The maximum Gasteiger partial charge on any atom is 0.306 e. The van der Waals surface area contributed by atoms with Crippen LogP contribution in [-0.2, 0) is 9.53 Å². The molecule has 3 heterocycles. The molecular formula is C30H41N3O4. The number of carbonyl (C=O) groups is 2. The van der Waals surface area contributed by atoms with Crippen LogP contribution in [0.4, 0.5) is 0 Å². The van der Waals surface area contributed by atoms with Crippen molar-refractivity contribution in [2.75, 3.05) is 6.61 Å². The molecule has 2 saturated heterocycles. The van der Waals surface area contributed by atoms with Crippen LogP contribution in [0.3, 0.4) is 0 Å². The highest BCUT2D eigenvalue weighted by molar-refractivity contribution is 5.97. The molecule has 0 unspecified atom stereocenters. The summed E-state index contributed by atoms with van der Waals surface area (Å²) in [7, 11) is 0. The lowest BCUT2D eigenvalue weighted by Crippen LogP contribution is -2.48. The Morgan fingerprint density at radius 3 is 2.35 bits per heavy atom. The highest BCUT2D eigenvalue weighted by atomic mass is 16.5. The molecule has 1 aromatic heterocycles. The summed E-state index contributed by atoms with van der Waals surface area (Å²) >= 11 is 0. The van der Waals surface area contributed by atoms with Crippen LogP contribution in [-0.4, -0.2) is 50.9 Å². The van der Waals surface area contributed by atoms with Gasteiger partial charge in [-0.05, 0) is 51.2 Å². The zero-order valence-electron chi connectivity index (χ0n) is 22.2. The number of fused-ring (bicyclic) bond motifs is 3. The molecule has 2 aliphatic heterocycles. The molecule has 0 amide bonds. The predicted molar refractivity (Wildman–Crippen MR) is 144 cm³/mol. The van der Waals surface area contributed by atoms with Crippen molar-refractivity contribution in [3.63, 3.8) is 0 Å². The van der Waals surface area contributed by atoms with Gasteiger partial charge in [0, 0.05) is 24.5 Å². The first kappa shape index (κ1) is 26.1. The number of esters is 1. The van der Waals surface area contributed by atoms with Gasteiger partial charge in [-0.1, -0.05) is 57.1 Å². The molecule has 0 radical (unpaired) electrons. The third-order valence-electron chi connectivity index (χ3n) is 8.80. The van der Waals surface area contributed by atoms with E-state index in [1.807, 2.05) is 28.8 Å². The van der Waals surface area contributed by atoms with E-state index >= 15 is 0 Å². The van der Waals surface area contributed by atoms with E-state index in [1.165, 1.54) is 64.2 Å². The van der Waals surface area contributed by atoms with Crippen LogP contribution in [0.5, 0.6) is 0 Å². The van der Waals surface area contributed by atoms with Gasteiger partial charge in [0.25, 0.3) is 5.56 Å². The molecule has 3 aliphatic rings. The van der Waals surface area contributed by atoms with E-state index in [4.69, 9.17) is 4.74 Å². The molecule has 1 aromatic carbocycles. The Labute approximate surface area is 219 Å². The van der Waals surface area contributed by atoms with E-state index < -0.39 is 5.97 Å². The fraction of sp³-hybridized carbons (Fsp3) is 0.667. The van der Waals surface area contributed by atoms with Crippen molar-refractivity contribution in [2.24, 2.45) is 0 Å². The standard InChI is InChI=1S/C30H41N3O4/c1-2-37-28(35)19-18-27(34)29-30(36)33(24-16-10-9-15-23(24)31-29)26-20-22-14-11-17-25(26)32(22)21-12-7-5-3-4-6-8-13-21/h9-10,15-16,21-22,25-26H,2-8,11-14,17-20H2,1H3/t22-,25+,26+/m0/s1. The van der Waals surface area contributed by atoms with Crippen molar-refractivity contribution in [3.8, 4) is 0 Å². The lowest BCUT2D eigenvalue weighted by Gasteiger charge is -2.42. The van der Waals surface area contributed by atoms with Gasteiger partial charge in [-0.3, -0.25) is 19.3 Å². The second-order valence-electron chi connectivity index (χ2n) is 11.1. The Morgan fingerprint density at radius 1 is 0.892 bits per heavy atom. The summed E-state index contributed by atoms with van der Waals surface area (Å²) in [5, 5.41) is 0. The van der Waals surface area contributed by atoms with Gasteiger partial charge in [-0.15, -0.1) is 0 Å². The first-order valence-corrected chi connectivity index (χ1v) is 14.6. The first-order valence-electron chi connectivity index (χ1n) is 14.6. The van der Waals surface area contributed by atoms with Gasteiger partial charge in [0.2, 0.25) is 0 Å². The number of benzene rings is 1. The Morgan fingerprint density at radius 2 is 1.59 bits per heavy atom. The quantitative estimate of drug-likeness (QED) is 0.359. The average Bonchev–Trinajstić information content (AvgIpc) is 3.19. The topological polar surface area (TPSA) is 81.5 Å². The van der Waals surface area contributed by atoms with Crippen molar-refractivity contribution >= 4 is 22.8 Å². The van der Waals surface area contributed by atoms with Gasteiger partial charge in [0.05, 0.1) is 30.1 Å². The second-order valence-corrected chi connectivity index (χ2v) is 11.1. The summed E-state index contributed by atoms with van der Waals surface area (Å²) in [5.41, 5.74) is 1.12. The molecule has 0 spiro atoms. The molecule has 3 atom stereocenters. The molecule has 3 fully saturated rings. The summed E-state index contributed by atoms with van der Waals surface area (Å²) < 4.78 is 6.88. The van der Waals surface area contributed by atoms with Crippen LogP contribution in [0.15, 0.2) is 29.1 Å². The number of rotatable bonds is 7. The molecule has 200 valence electrons. The van der Waals surface area contributed by atoms with Crippen LogP contribution >= 0.6 is 0 Å². The number of nitrogens with zero attached hydrogens (tertiary/aromatic N) is 3. The van der Waals surface area contributed by atoms with Gasteiger partial charge in [-0.2, -0.15) is 0 Å². The Bertz CT molecular complexity index is 1170. The second kappa shape index (κ2) is 11.9. The molecule has 1 aliphatic carbocycles. The first-order chi connectivity index (χ1) is 18.1. The number of carbonyl (C=O) groups excluding carboxylic acids is 2. The monoisotopic (exact) mass is 507 g/mol. The van der Waals surface area contributed by atoms with E-state index in [1.54, 1.807) is 6.92 Å². The number of hydrogen-bond acceptors (Lipinski definition) is 6. The number of hydrogen-bond donors (Lipinski definition) is 0. The number of ketones is 1. The summed E-state index contributed by atoms with van der Waals surface area (Å²) in [6.07, 6.45) is 14.8. The Kier molecular flexibility index (Phi) is 8.38. The lowest BCUT2D eigenvalue weighted by molar-refractivity contribution is -0.143. The maximum absolute atomic E-state index is 13.9. The minimum absolute atomic E-state index is 0.0375. The SMILES string of the molecule is CCOC(=O)CCC(=O)c1nc2ccccc2n([C@@H]2C[C@@H]3CCC[C@H]2N3C2CCCCCCCC2)c1=O. The molecule has 5 rings (SSSR count). The third-order valence-corrected chi connectivity index (χ3v) is 8.80. The van der Waals surface area contributed by atoms with Crippen molar-refractivity contribution in [1.29, 1.82) is 0 Å². The minimum atomic E-state index is -0.424. The number of ether oxygens (including phenoxy) is 1. The molecule has 2 aromatic rings. The molecule has 7 nitrogen and oxygen atoms in total. The zero-order chi connectivity index (χ0) is 25.8. The highest BCUT2D eigenvalue weighted by Crippen LogP contribution is 2.45. The summed E-state index contributed by atoms with van der Waals surface area (Å²) in [5.74, 6) is -0.807. The number of piperidine rings is 1. The van der Waals surface area contributed by atoms with Crippen molar-refractivity contribution < 1.29 is 14.3 Å². The van der Waals surface area contributed by atoms with E-state index in [9.17, 15) is 14.4 Å². The van der Waals surface area contributed by atoms with Crippen LogP contribution in [0.2, 0.25) is 0 Å². The third kappa shape index (κ3) is 5.52. The van der Waals surface area contributed by atoms with E-state index in [2.05, 4.69) is 9.88 Å². The van der Waals surface area contributed by atoms with Crippen molar-refractivity contribution in [1.82, 2.24) is 14.5 Å². The van der Waals surface area contributed by atoms with Crippen molar-refractivity contribution in [3.05, 3.63) is 40.3 Å². The van der Waals surface area contributed by atoms with Gasteiger partial charge in [0.1, 0.15) is 0 Å². The number of aromatic nitrogens is 2. The van der Waals surface area contributed by atoms with Crippen LogP contribution < -0.4 is 5.56 Å². The van der Waals surface area contributed by atoms with Crippen LogP contribution in [0.1, 0.15) is 113 Å². The van der Waals surface area contributed by atoms with Crippen molar-refractivity contribution in [2.45, 2.75) is 121 Å². The van der Waals surface area contributed by atoms with E-state index in [-0.39, 0.29) is 42.5 Å². The maximum atomic E-state index is 13.9. The molecular weight excluding hydrogens is 466 g/mol. The lowest BCUT2D eigenvalue weighted by atomic mass is 9.94. The van der Waals surface area contributed by atoms with Gasteiger partial charge in [-0.25, -0.2) is 4.98 Å². The Hall–Kier alpha value is -2.54. The summed E-state index contributed by atoms with van der Waals surface area (Å²) in [6.45, 7) is 2.01. The molecule has 2 bridgehead atoms. The minimum Gasteiger partial charge on any atom is -0.466 e. The zero-order valence-corrected chi connectivity index (χ0v) is 22.2.